The van der Waals surface area contributed by atoms with Crippen LogP contribution in [0.5, 0.6) is 5.75 Å². The minimum atomic E-state index is -0.674. The van der Waals surface area contributed by atoms with Crippen LogP contribution in [0.15, 0.2) is 83.3 Å². The fourth-order valence-corrected chi connectivity index (χ4v) is 4.62. The van der Waals surface area contributed by atoms with E-state index in [4.69, 9.17) is 4.74 Å². The van der Waals surface area contributed by atoms with Gasteiger partial charge < -0.3 is 15.0 Å². The topological polar surface area (TPSA) is 58.6 Å². The van der Waals surface area contributed by atoms with Crippen LogP contribution in [-0.2, 0) is 28.0 Å². The van der Waals surface area contributed by atoms with Crippen LogP contribution in [0.4, 0.5) is 0 Å². The largest absolute Gasteiger partial charge is 0.484 e. The van der Waals surface area contributed by atoms with Gasteiger partial charge in [-0.1, -0.05) is 105 Å². The molecule has 1 atom stereocenters. The third-order valence-corrected chi connectivity index (χ3v) is 6.92. The fraction of sp³-hybridized carbons (Fsp3) is 0.375. The summed E-state index contributed by atoms with van der Waals surface area (Å²) in [5, 5.41) is 3.05. The lowest BCUT2D eigenvalue weighted by Gasteiger charge is -2.31. The van der Waals surface area contributed by atoms with Gasteiger partial charge in [0.2, 0.25) is 5.91 Å². The highest BCUT2D eigenvalue weighted by Crippen LogP contribution is 2.24. The molecule has 0 heterocycles. The summed E-state index contributed by atoms with van der Waals surface area (Å²) >= 11 is 3.52. The molecule has 2 amide bonds. The van der Waals surface area contributed by atoms with Crippen molar-refractivity contribution in [3.05, 3.63) is 100 Å². The second-order valence-corrected chi connectivity index (χ2v) is 11.5. The Bertz CT molecular complexity index is 1170. The van der Waals surface area contributed by atoms with Crippen molar-refractivity contribution in [2.45, 2.75) is 65.0 Å². The lowest BCUT2D eigenvalue weighted by molar-refractivity contribution is -0.142. The molecule has 202 valence electrons. The van der Waals surface area contributed by atoms with Crippen molar-refractivity contribution in [3.8, 4) is 5.75 Å². The Morgan fingerprint density at radius 1 is 0.947 bits per heavy atom. The normalized spacial score (nSPS) is 12.0. The van der Waals surface area contributed by atoms with Crippen LogP contribution in [0.1, 0.15) is 57.2 Å². The smallest absolute Gasteiger partial charge is 0.261 e. The van der Waals surface area contributed by atoms with Gasteiger partial charge in [0.15, 0.2) is 6.61 Å². The number of amides is 2. The van der Waals surface area contributed by atoms with Crippen molar-refractivity contribution in [1.82, 2.24) is 10.2 Å². The number of carbonyl (C=O) groups excluding carboxylic acids is 2. The average molecular weight is 580 g/mol. The summed E-state index contributed by atoms with van der Waals surface area (Å²) in [5.74, 6) is 0.234. The lowest BCUT2D eigenvalue weighted by Crippen LogP contribution is -2.51. The van der Waals surface area contributed by atoms with E-state index in [1.165, 1.54) is 5.56 Å². The molecule has 3 aromatic carbocycles. The molecule has 5 nitrogen and oxygen atoms in total. The average Bonchev–Trinajstić information content (AvgIpc) is 2.89. The third kappa shape index (κ3) is 9.02. The molecule has 6 heteroatoms. The number of hydrogen-bond donors (Lipinski definition) is 1. The number of carbonyl (C=O) groups is 2. The maximum atomic E-state index is 13.7. The third-order valence-electron chi connectivity index (χ3n) is 6.43. The van der Waals surface area contributed by atoms with Gasteiger partial charge in [-0.3, -0.25) is 9.59 Å². The maximum Gasteiger partial charge on any atom is 0.261 e. The van der Waals surface area contributed by atoms with Gasteiger partial charge in [0, 0.05) is 24.0 Å². The van der Waals surface area contributed by atoms with Crippen LogP contribution in [0.2, 0.25) is 0 Å². The highest BCUT2D eigenvalue weighted by Gasteiger charge is 2.30. The highest BCUT2D eigenvalue weighted by molar-refractivity contribution is 9.10. The molecule has 1 N–H and O–H groups in total. The van der Waals surface area contributed by atoms with E-state index in [0.717, 1.165) is 28.4 Å². The Morgan fingerprint density at radius 2 is 1.63 bits per heavy atom. The fourth-order valence-electron chi connectivity index (χ4n) is 4.17. The number of rotatable bonds is 12. The quantitative estimate of drug-likeness (QED) is 0.244. The van der Waals surface area contributed by atoms with Gasteiger partial charge in [-0.15, -0.1) is 0 Å². The Morgan fingerprint density at radius 3 is 2.26 bits per heavy atom. The number of unbranched alkanes of at least 4 members (excludes halogenated alkanes) is 1. The molecule has 0 saturated carbocycles. The molecular weight excluding hydrogens is 540 g/mol. The molecule has 0 fully saturated rings. The monoisotopic (exact) mass is 578 g/mol. The van der Waals surface area contributed by atoms with E-state index in [9.17, 15) is 9.59 Å². The summed E-state index contributed by atoms with van der Waals surface area (Å²) < 4.78 is 6.85. The van der Waals surface area contributed by atoms with E-state index in [1.54, 1.807) is 4.90 Å². The van der Waals surface area contributed by atoms with E-state index in [0.29, 0.717) is 25.3 Å². The number of halogens is 1. The standard InChI is InChI=1S/C32H39BrN2O3/c1-5-6-19-34-31(37)29(21-24-11-8-7-9-12-24)35(22-25-13-10-14-27(33)20-25)30(36)23-38-28-17-15-26(16-18-28)32(2,3)4/h7-18,20,29H,5-6,19,21-23H2,1-4H3,(H,34,37)/t29-/m1/s1. The molecule has 0 aromatic heterocycles. The van der Waals surface area contributed by atoms with Crippen LogP contribution in [0, 0.1) is 0 Å². The van der Waals surface area contributed by atoms with Gasteiger partial charge in [0.1, 0.15) is 11.8 Å². The first-order valence-electron chi connectivity index (χ1n) is 13.3. The summed E-state index contributed by atoms with van der Waals surface area (Å²) in [6.45, 7) is 9.28. The van der Waals surface area contributed by atoms with Gasteiger partial charge in [-0.2, -0.15) is 0 Å². The van der Waals surface area contributed by atoms with E-state index in [-0.39, 0.29) is 23.8 Å². The molecule has 38 heavy (non-hydrogen) atoms. The van der Waals surface area contributed by atoms with Crippen LogP contribution in [-0.4, -0.2) is 35.9 Å². The van der Waals surface area contributed by atoms with E-state index < -0.39 is 6.04 Å². The summed E-state index contributed by atoms with van der Waals surface area (Å²) in [6.07, 6.45) is 2.28. The van der Waals surface area contributed by atoms with E-state index in [1.807, 2.05) is 78.9 Å². The first kappa shape index (κ1) is 29.4. The van der Waals surface area contributed by atoms with Gasteiger partial charge in [0.05, 0.1) is 0 Å². The molecule has 0 aliphatic rings. The molecular formula is C32H39BrN2O3. The zero-order chi connectivity index (χ0) is 27.5. The molecule has 0 aliphatic carbocycles. The van der Waals surface area contributed by atoms with Crippen LogP contribution < -0.4 is 10.1 Å². The summed E-state index contributed by atoms with van der Waals surface area (Å²) in [4.78, 5) is 28.8. The number of nitrogens with zero attached hydrogens (tertiary/aromatic N) is 1. The molecule has 0 aliphatic heterocycles. The van der Waals surface area contributed by atoms with Gasteiger partial charge in [0.25, 0.3) is 5.91 Å². The van der Waals surface area contributed by atoms with Gasteiger partial charge in [-0.05, 0) is 52.8 Å². The van der Waals surface area contributed by atoms with Crippen LogP contribution >= 0.6 is 15.9 Å². The molecule has 0 spiro atoms. The molecule has 0 unspecified atom stereocenters. The first-order valence-corrected chi connectivity index (χ1v) is 14.1. The maximum absolute atomic E-state index is 13.7. The minimum absolute atomic E-state index is 0.0326. The van der Waals surface area contributed by atoms with Crippen molar-refractivity contribution in [3.63, 3.8) is 0 Å². The van der Waals surface area contributed by atoms with Crippen molar-refractivity contribution in [1.29, 1.82) is 0 Å². The van der Waals surface area contributed by atoms with E-state index >= 15 is 0 Å². The predicted octanol–water partition coefficient (Wildman–Crippen LogP) is 6.68. The second kappa shape index (κ2) is 14.1. The van der Waals surface area contributed by atoms with Crippen molar-refractivity contribution in [2.24, 2.45) is 0 Å². The Kier molecular flexibility index (Phi) is 11.0. The molecule has 0 bridgehead atoms. The number of hydrogen-bond acceptors (Lipinski definition) is 3. The first-order chi connectivity index (χ1) is 18.2. The molecule has 0 saturated heterocycles. The highest BCUT2D eigenvalue weighted by atomic mass is 79.9. The Hall–Kier alpha value is -3.12. The summed E-state index contributed by atoms with van der Waals surface area (Å²) in [5.41, 5.74) is 3.15. The zero-order valence-electron chi connectivity index (χ0n) is 22.9. The van der Waals surface area contributed by atoms with Crippen molar-refractivity contribution in [2.75, 3.05) is 13.2 Å². The minimum Gasteiger partial charge on any atom is -0.484 e. The Balaban J connectivity index is 1.86. The molecule has 3 aromatic rings. The Labute approximate surface area is 235 Å². The summed E-state index contributed by atoms with van der Waals surface area (Å²) in [6, 6.07) is 24.8. The zero-order valence-corrected chi connectivity index (χ0v) is 24.5. The lowest BCUT2D eigenvalue weighted by atomic mass is 9.87. The van der Waals surface area contributed by atoms with Gasteiger partial charge in [-0.25, -0.2) is 0 Å². The van der Waals surface area contributed by atoms with Crippen LogP contribution in [0.3, 0.4) is 0 Å². The van der Waals surface area contributed by atoms with Crippen LogP contribution in [0.25, 0.3) is 0 Å². The second-order valence-electron chi connectivity index (χ2n) is 10.6. The van der Waals surface area contributed by atoms with Crippen molar-refractivity contribution >= 4 is 27.7 Å². The molecule has 3 rings (SSSR count). The molecule has 0 radical (unpaired) electrons. The SMILES string of the molecule is CCCCNC(=O)[C@@H](Cc1ccccc1)N(Cc1cccc(Br)c1)C(=O)COc1ccc(C(C)(C)C)cc1. The number of nitrogens with one attached hydrogen (secondary N) is 1. The summed E-state index contributed by atoms with van der Waals surface area (Å²) in [7, 11) is 0. The predicted molar refractivity (Wildman–Crippen MR) is 157 cm³/mol. The van der Waals surface area contributed by atoms with E-state index in [2.05, 4.69) is 48.9 Å². The number of ether oxygens (including phenoxy) is 1. The van der Waals surface area contributed by atoms with Crippen molar-refractivity contribution < 1.29 is 14.3 Å². The number of benzene rings is 3. The van der Waals surface area contributed by atoms with Gasteiger partial charge >= 0.3 is 0 Å².